The Balaban J connectivity index is 1.69. The number of benzene rings is 1. The van der Waals surface area contributed by atoms with E-state index in [1.54, 1.807) is 0 Å². The summed E-state index contributed by atoms with van der Waals surface area (Å²) >= 11 is 0. The van der Waals surface area contributed by atoms with E-state index >= 15 is 0 Å². The van der Waals surface area contributed by atoms with Crippen LogP contribution in [0.1, 0.15) is 24.8 Å². The molecule has 2 aromatic rings. The highest BCUT2D eigenvalue weighted by Gasteiger charge is 2.21. The van der Waals surface area contributed by atoms with Gasteiger partial charge in [-0.3, -0.25) is 19.1 Å². The van der Waals surface area contributed by atoms with E-state index in [1.807, 2.05) is 30.3 Å². The Morgan fingerprint density at radius 3 is 2.79 bits per heavy atom. The minimum absolute atomic E-state index is 0.0512. The van der Waals surface area contributed by atoms with Gasteiger partial charge in [0.1, 0.15) is 5.82 Å². The number of nitrogens with zero attached hydrogens (tertiary/aromatic N) is 2. The Morgan fingerprint density at radius 2 is 2.10 bits per heavy atom. The molecule has 1 aromatic carbocycles. The number of H-pyrrole nitrogens is 1. The maximum atomic E-state index is 12.5. The number of carbonyl (C=O) groups is 1. The van der Waals surface area contributed by atoms with Gasteiger partial charge < -0.3 is 20.1 Å². The molecule has 0 bridgehead atoms. The predicted molar refractivity (Wildman–Crippen MR) is 109 cm³/mol. The summed E-state index contributed by atoms with van der Waals surface area (Å²) in [6.45, 7) is 1.59. The molecule has 1 unspecified atom stereocenters. The lowest BCUT2D eigenvalue weighted by Gasteiger charge is -2.20. The molecule has 1 saturated heterocycles. The van der Waals surface area contributed by atoms with Crippen LogP contribution in [0, 0.1) is 0 Å². The molecule has 0 spiro atoms. The van der Waals surface area contributed by atoms with Crippen LogP contribution in [0.4, 0.5) is 11.5 Å². The van der Waals surface area contributed by atoms with Crippen LogP contribution < -0.4 is 21.9 Å². The van der Waals surface area contributed by atoms with Gasteiger partial charge in [-0.2, -0.15) is 0 Å². The minimum atomic E-state index is -0.701. The van der Waals surface area contributed by atoms with Crippen LogP contribution in [0.5, 0.6) is 0 Å². The lowest BCUT2D eigenvalue weighted by atomic mass is 10.2. The van der Waals surface area contributed by atoms with Gasteiger partial charge in [-0.15, -0.1) is 0 Å². The van der Waals surface area contributed by atoms with Crippen molar-refractivity contribution in [3.05, 3.63) is 56.7 Å². The smallest absolute Gasteiger partial charge is 0.330 e. The average Bonchev–Trinajstić information content (AvgIpc) is 3.22. The monoisotopic (exact) mass is 402 g/mol. The summed E-state index contributed by atoms with van der Waals surface area (Å²) in [5, 5.41) is 0. The summed E-state index contributed by atoms with van der Waals surface area (Å²) in [6, 6.07) is 9.24. The molecule has 3 N–H and O–H groups in total. The third-order valence-electron chi connectivity index (χ3n) is 4.90. The van der Waals surface area contributed by atoms with Crippen molar-refractivity contribution >= 4 is 17.4 Å². The number of nitrogens with two attached hydrogens (primary N) is 1. The quantitative estimate of drug-likeness (QED) is 0.628. The first-order valence-corrected chi connectivity index (χ1v) is 9.59. The number of carbonyl (C=O) groups excluding carboxylic acids is 1. The van der Waals surface area contributed by atoms with Gasteiger partial charge in [0.2, 0.25) is 5.91 Å². The largest absolute Gasteiger partial charge is 0.383 e. The Hall–Kier alpha value is -2.91. The van der Waals surface area contributed by atoms with Gasteiger partial charge in [0, 0.05) is 13.7 Å². The molecule has 29 heavy (non-hydrogen) atoms. The highest BCUT2D eigenvalue weighted by Crippen LogP contribution is 2.17. The molecular weight excluding hydrogens is 376 g/mol. The summed E-state index contributed by atoms with van der Waals surface area (Å²) in [6.07, 6.45) is 2.15. The van der Waals surface area contributed by atoms with Crippen molar-refractivity contribution in [2.45, 2.75) is 31.9 Å². The zero-order valence-electron chi connectivity index (χ0n) is 16.4. The Morgan fingerprint density at radius 1 is 1.34 bits per heavy atom. The van der Waals surface area contributed by atoms with Gasteiger partial charge in [0.05, 0.1) is 32.3 Å². The van der Waals surface area contributed by atoms with Crippen molar-refractivity contribution in [1.29, 1.82) is 0 Å². The summed E-state index contributed by atoms with van der Waals surface area (Å²) in [7, 11) is 1.46. The number of hydrogen-bond donors (Lipinski definition) is 2. The van der Waals surface area contributed by atoms with Gasteiger partial charge in [0.25, 0.3) is 5.56 Å². The summed E-state index contributed by atoms with van der Waals surface area (Å²) in [5.74, 6) is -0.391. The molecular formula is C20H26N4O5. The fourth-order valence-electron chi connectivity index (χ4n) is 3.27. The molecule has 0 aliphatic carbocycles. The molecule has 1 amide bonds. The van der Waals surface area contributed by atoms with Gasteiger partial charge >= 0.3 is 5.69 Å². The van der Waals surface area contributed by atoms with E-state index in [0.717, 1.165) is 25.0 Å². The molecule has 1 atom stereocenters. The fraction of sp³-hybridized carbons (Fsp3) is 0.450. The van der Waals surface area contributed by atoms with Crippen molar-refractivity contribution in [2.24, 2.45) is 0 Å². The van der Waals surface area contributed by atoms with Gasteiger partial charge in [-0.1, -0.05) is 30.3 Å². The first-order valence-electron chi connectivity index (χ1n) is 9.59. The second-order valence-electron chi connectivity index (χ2n) is 6.98. The van der Waals surface area contributed by atoms with Crippen molar-refractivity contribution in [3.63, 3.8) is 0 Å². The Labute approximate surface area is 168 Å². The second kappa shape index (κ2) is 9.53. The number of nitrogens with one attached hydrogen (secondary N) is 1. The molecule has 1 aliphatic heterocycles. The van der Waals surface area contributed by atoms with Gasteiger partial charge in [-0.05, 0) is 18.4 Å². The first-order chi connectivity index (χ1) is 14.0. The summed E-state index contributed by atoms with van der Waals surface area (Å²) < 4.78 is 12.2. The van der Waals surface area contributed by atoms with Crippen molar-refractivity contribution in [2.75, 3.05) is 37.5 Å². The lowest BCUT2D eigenvalue weighted by Crippen LogP contribution is -2.39. The molecule has 3 rings (SSSR count). The van der Waals surface area contributed by atoms with Crippen LogP contribution >= 0.6 is 0 Å². The maximum absolute atomic E-state index is 12.5. The molecule has 0 saturated carbocycles. The molecule has 2 heterocycles. The van der Waals surface area contributed by atoms with E-state index in [2.05, 4.69) is 4.98 Å². The Bertz CT molecular complexity index is 948. The SMILES string of the molecule is CN(C(=O)CCOCC1CCCO1)c1c(N)n(Cc2ccccc2)c(=O)[nH]c1=O. The topological polar surface area (TPSA) is 120 Å². The van der Waals surface area contributed by atoms with Crippen LogP contribution in [0.15, 0.2) is 39.9 Å². The van der Waals surface area contributed by atoms with Crippen molar-refractivity contribution < 1.29 is 14.3 Å². The van der Waals surface area contributed by atoms with E-state index in [9.17, 15) is 14.4 Å². The number of rotatable bonds is 8. The third-order valence-corrected chi connectivity index (χ3v) is 4.90. The number of anilines is 2. The lowest BCUT2D eigenvalue weighted by molar-refractivity contribution is -0.119. The highest BCUT2D eigenvalue weighted by atomic mass is 16.5. The number of nitrogen functional groups attached to an aromatic ring is 1. The molecule has 1 aromatic heterocycles. The molecule has 0 radical (unpaired) electrons. The zero-order chi connectivity index (χ0) is 20.8. The van der Waals surface area contributed by atoms with E-state index in [0.29, 0.717) is 6.61 Å². The molecule has 9 nitrogen and oxygen atoms in total. The minimum Gasteiger partial charge on any atom is -0.383 e. The molecule has 9 heteroatoms. The van der Waals surface area contributed by atoms with E-state index in [1.165, 1.54) is 16.5 Å². The summed E-state index contributed by atoms with van der Waals surface area (Å²) in [4.78, 5) is 40.5. The first kappa shape index (κ1) is 20.8. The second-order valence-corrected chi connectivity index (χ2v) is 6.98. The van der Waals surface area contributed by atoms with E-state index in [4.69, 9.17) is 15.2 Å². The number of aromatic nitrogens is 2. The van der Waals surface area contributed by atoms with Crippen LogP contribution in [-0.2, 0) is 20.8 Å². The third kappa shape index (κ3) is 5.12. The fourth-order valence-corrected chi connectivity index (χ4v) is 3.27. The Kier molecular flexibility index (Phi) is 6.84. The van der Waals surface area contributed by atoms with Crippen molar-refractivity contribution in [1.82, 2.24) is 9.55 Å². The molecule has 1 aliphatic rings. The number of ether oxygens (including phenoxy) is 2. The van der Waals surface area contributed by atoms with Crippen LogP contribution in [0.2, 0.25) is 0 Å². The normalized spacial score (nSPS) is 16.1. The molecule has 1 fully saturated rings. The van der Waals surface area contributed by atoms with Crippen LogP contribution in [0.3, 0.4) is 0 Å². The van der Waals surface area contributed by atoms with Crippen LogP contribution in [0.25, 0.3) is 0 Å². The van der Waals surface area contributed by atoms with Gasteiger partial charge in [0.15, 0.2) is 5.69 Å². The number of hydrogen-bond acceptors (Lipinski definition) is 6. The van der Waals surface area contributed by atoms with Gasteiger partial charge in [-0.25, -0.2) is 4.79 Å². The summed E-state index contributed by atoms with van der Waals surface area (Å²) in [5.41, 5.74) is 5.58. The number of amides is 1. The average molecular weight is 402 g/mol. The standard InChI is InChI=1S/C20H26N4O5/c1-23(16(25)9-11-28-13-15-8-5-10-29-15)17-18(21)24(20(27)22-19(17)26)12-14-6-3-2-4-7-14/h2-4,6-7,15H,5,8-13,21H2,1H3,(H,22,26,27). The van der Waals surface area contributed by atoms with E-state index in [-0.39, 0.29) is 43.1 Å². The number of aromatic amines is 1. The zero-order valence-corrected chi connectivity index (χ0v) is 16.4. The van der Waals surface area contributed by atoms with E-state index < -0.39 is 11.2 Å². The van der Waals surface area contributed by atoms with Crippen LogP contribution in [-0.4, -0.2) is 48.4 Å². The predicted octanol–water partition coefficient (Wildman–Crippen LogP) is 0.716. The molecule has 156 valence electrons. The maximum Gasteiger partial charge on any atom is 0.330 e. The highest BCUT2D eigenvalue weighted by molar-refractivity contribution is 5.95. The van der Waals surface area contributed by atoms with Crippen molar-refractivity contribution in [3.8, 4) is 0 Å².